The number of amides is 1. The minimum absolute atomic E-state index is 0.0267. The fourth-order valence-corrected chi connectivity index (χ4v) is 6.37. The van der Waals surface area contributed by atoms with Crippen molar-refractivity contribution in [1.82, 2.24) is 19.8 Å². The van der Waals surface area contributed by atoms with Crippen molar-refractivity contribution < 1.29 is 19.0 Å². The Hall–Kier alpha value is -3.68. The SMILES string of the molecule is C=CC(=O)N1CCN(c2nc(OCC3CCCN3C)nc(C[C@H]3Cc4ccc(OC)cc4CO3)c2CC)CC1CC#N. The number of benzene rings is 1. The summed E-state index contributed by atoms with van der Waals surface area (Å²) in [5.41, 5.74) is 4.41. The summed E-state index contributed by atoms with van der Waals surface area (Å²) in [7, 11) is 3.81. The number of carbonyl (C=O) groups is 1. The highest BCUT2D eigenvalue weighted by Crippen LogP contribution is 2.31. The lowest BCUT2D eigenvalue weighted by Gasteiger charge is -2.41. The molecule has 10 heteroatoms. The van der Waals surface area contributed by atoms with Gasteiger partial charge in [0.1, 0.15) is 18.2 Å². The number of hydrogen-bond acceptors (Lipinski definition) is 9. The van der Waals surface area contributed by atoms with Crippen LogP contribution in [-0.2, 0) is 35.4 Å². The number of carbonyl (C=O) groups excluding carboxylic acids is 1. The molecule has 0 saturated carbocycles. The quantitative estimate of drug-likeness (QED) is 0.395. The number of hydrogen-bond donors (Lipinski definition) is 0. The minimum Gasteiger partial charge on any atom is -0.497 e. The average Bonchev–Trinajstić information content (AvgIpc) is 3.43. The maximum Gasteiger partial charge on any atom is 0.318 e. The van der Waals surface area contributed by atoms with E-state index in [1.54, 1.807) is 12.0 Å². The molecule has 1 amide bonds. The van der Waals surface area contributed by atoms with E-state index in [9.17, 15) is 10.1 Å². The molecule has 0 radical (unpaired) electrons. The van der Waals surface area contributed by atoms with Crippen LogP contribution < -0.4 is 14.4 Å². The third-order valence-corrected chi connectivity index (χ3v) is 8.80. The molecule has 0 spiro atoms. The summed E-state index contributed by atoms with van der Waals surface area (Å²) in [4.78, 5) is 28.7. The van der Waals surface area contributed by atoms with E-state index in [-0.39, 0.29) is 24.5 Å². The topological polar surface area (TPSA) is 104 Å². The highest BCUT2D eigenvalue weighted by Gasteiger charge is 2.33. The maximum atomic E-state index is 12.5. The van der Waals surface area contributed by atoms with E-state index >= 15 is 0 Å². The molecule has 3 atom stereocenters. The molecule has 224 valence electrons. The van der Waals surface area contributed by atoms with Crippen LogP contribution >= 0.6 is 0 Å². The first kappa shape index (κ1) is 29.8. The summed E-state index contributed by atoms with van der Waals surface area (Å²) in [5, 5.41) is 9.51. The van der Waals surface area contributed by atoms with Gasteiger partial charge in [-0.1, -0.05) is 19.6 Å². The van der Waals surface area contributed by atoms with Crippen LogP contribution in [-0.4, -0.2) is 90.8 Å². The van der Waals surface area contributed by atoms with E-state index in [4.69, 9.17) is 24.2 Å². The maximum absolute atomic E-state index is 12.5. The summed E-state index contributed by atoms with van der Waals surface area (Å²) >= 11 is 0. The first-order valence-electron chi connectivity index (χ1n) is 15.0. The Bertz CT molecular complexity index is 1330. The molecule has 0 bridgehead atoms. The standard InChI is InChI=1S/C32H42N6O4/c1-5-28-29(18-27-16-22-9-10-26(40-4)17-23(22)20-41-27)34-32(42-21-25-8-7-13-36(25)3)35-31(28)37-14-15-38(30(39)6-2)24(19-37)11-12-33/h6,9-10,17,24-25,27H,2,5,7-8,11,13-16,18-21H2,1,3-4H3/t24?,25?,27-/m1/s1. The number of nitrogens with zero attached hydrogens (tertiary/aromatic N) is 6. The third-order valence-electron chi connectivity index (χ3n) is 8.80. The molecule has 1 aromatic heterocycles. The van der Waals surface area contributed by atoms with Gasteiger partial charge in [0.25, 0.3) is 0 Å². The van der Waals surface area contributed by atoms with Crippen LogP contribution in [0.1, 0.15) is 48.6 Å². The Morgan fingerprint density at radius 3 is 2.81 bits per heavy atom. The molecular weight excluding hydrogens is 532 g/mol. The Morgan fingerprint density at radius 2 is 2.10 bits per heavy atom. The number of aromatic nitrogens is 2. The van der Waals surface area contributed by atoms with Crippen molar-refractivity contribution in [3.05, 3.63) is 53.2 Å². The Kier molecular flexibility index (Phi) is 9.60. The predicted molar refractivity (Wildman–Crippen MR) is 160 cm³/mol. The normalized spacial score (nSPS) is 22.4. The van der Waals surface area contributed by atoms with Crippen LogP contribution in [0.2, 0.25) is 0 Å². The first-order chi connectivity index (χ1) is 20.4. The van der Waals surface area contributed by atoms with Crippen LogP contribution in [0.15, 0.2) is 30.9 Å². The van der Waals surface area contributed by atoms with Gasteiger partial charge in [-0.2, -0.15) is 15.2 Å². The van der Waals surface area contributed by atoms with Gasteiger partial charge in [-0.3, -0.25) is 4.79 Å². The van der Waals surface area contributed by atoms with Gasteiger partial charge < -0.3 is 28.9 Å². The van der Waals surface area contributed by atoms with E-state index in [0.29, 0.717) is 51.3 Å². The molecule has 4 heterocycles. The van der Waals surface area contributed by atoms with Gasteiger partial charge in [0.05, 0.1) is 44.0 Å². The van der Waals surface area contributed by atoms with E-state index in [1.165, 1.54) is 11.6 Å². The van der Waals surface area contributed by atoms with Gasteiger partial charge >= 0.3 is 6.01 Å². The lowest BCUT2D eigenvalue weighted by atomic mass is 9.95. The van der Waals surface area contributed by atoms with Crippen LogP contribution in [0.25, 0.3) is 0 Å². The van der Waals surface area contributed by atoms with Crippen molar-refractivity contribution in [1.29, 1.82) is 5.26 Å². The summed E-state index contributed by atoms with van der Waals surface area (Å²) in [6.45, 7) is 9.51. The van der Waals surface area contributed by atoms with Crippen LogP contribution in [0.3, 0.4) is 0 Å². The molecule has 0 aliphatic carbocycles. The number of nitriles is 1. The molecule has 2 unspecified atom stereocenters. The van der Waals surface area contributed by atoms with Gasteiger partial charge in [0.2, 0.25) is 5.91 Å². The fourth-order valence-electron chi connectivity index (χ4n) is 6.37. The van der Waals surface area contributed by atoms with Gasteiger partial charge in [-0.25, -0.2) is 0 Å². The average molecular weight is 575 g/mol. The number of rotatable bonds is 10. The van der Waals surface area contributed by atoms with Crippen molar-refractivity contribution >= 4 is 11.7 Å². The number of methoxy groups -OCH3 is 1. The second-order valence-electron chi connectivity index (χ2n) is 11.4. The zero-order valence-electron chi connectivity index (χ0n) is 25.1. The molecule has 3 aliphatic rings. The largest absolute Gasteiger partial charge is 0.497 e. The summed E-state index contributed by atoms with van der Waals surface area (Å²) in [6.07, 6.45) is 5.97. The van der Waals surface area contributed by atoms with Crippen molar-refractivity contribution in [2.24, 2.45) is 0 Å². The number of fused-ring (bicyclic) bond motifs is 1. The summed E-state index contributed by atoms with van der Waals surface area (Å²) in [6, 6.07) is 8.90. The first-order valence-corrected chi connectivity index (χ1v) is 15.0. The van der Waals surface area contributed by atoms with Crippen molar-refractivity contribution in [2.45, 2.75) is 70.2 Å². The molecule has 10 nitrogen and oxygen atoms in total. The molecule has 3 aliphatic heterocycles. The molecule has 2 fully saturated rings. The van der Waals surface area contributed by atoms with Gasteiger partial charge in [0, 0.05) is 37.7 Å². The second-order valence-corrected chi connectivity index (χ2v) is 11.4. The van der Waals surface area contributed by atoms with Crippen molar-refractivity contribution in [3.63, 3.8) is 0 Å². The number of likely N-dealkylation sites (N-methyl/N-ethyl adjacent to an activating group) is 1. The molecule has 42 heavy (non-hydrogen) atoms. The van der Waals surface area contributed by atoms with Crippen molar-refractivity contribution in [3.8, 4) is 17.8 Å². The minimum atomic E-state index is -0.246. The number of likely N-dealkylation sites (tertiary alicyclic amines) is 1. The molecular formula is C32H42N6O4. The lowest BCUT2D eigenvalue weighted by Crippen LogP contribution is -2.55. The molecule has 1 aromatic carbocycles. The fraction of sp³-hybridized carbons (Fsp3) is 0.562. The Morgan fingerprint density at radius 1 is 1.24 bits per heavy atom. The Labute approximate surface area is 248 Å². The van der Waals surface area contributed by atoms with E-state index in [2.05, 4.69) is 42.5 Å². The third kappa shape index (κ3) is 6.53. The van der Waals surface area contributed by atoms with Crippen LogP contribution in [0, 0.1) is 11.3 Å². The molecule has 2 saturated heterocycles. The van der Waals surface area contributed by atoms with Crippen molar-refractivity contribution in [2.75, 3.05) is 51.8 Å². The number of ether oxygens (including phenoxy) is 3. The summed E-state index contributed by atoms with van der Waals surface area (Å²) < 4.78 is 18.0. The Balaban J connectivity index is 1.43. The van der Waals surface area contributed by atoms with Gasteiger partial charge in [-0.15, -0.1) is 0 Å². The summed E-state index contributed by atoms with van der Waals surface area (Å²) in [5.74, 6) is 1.52. The van der Waals surface area contributed by atoms with Crippen LogP contribution in [0.4, 0.5) is 5.82 Å². The van der Waals surface area contributed by atoms with E-state index in [0.717, 1.165) is 60.6 Å². The molecule has 2 aromatic rings. The molecule has 0 N–H and O–H groups in total. The van der Waals surface area contributed by atoms with Gasteiger partial charge in [-0.05, 0) is 68.6 Å². The monoisotopic (exact) mass is 574 g/mol. The molecule has 5 rings (SSSR count). The highest BCUT2D eigenvalue weighted by atomic mass is 16.5. The lowest BCUT2D eigenvalue weighted by molar-refractivity contribution is -0.128. The number of piperazine rings is 1. The second kappa shape index (κ2) is 13.5. The van der Waals surface area contributed by atoms with Crippen LogP contribution in [0.5, 0.6) is 11.8 Å². The zero-order chi connectivity index (χ0) is 29.6. The predicted octanol–water partition coefficient (Wildman–Crippen LogP) is 3.32. The number of anilines is 1. The van der Waals surface area contributed by atoms with E-state index < -0.39 is 0 Å². The van der Waals surface area contributed by atoms with E-state index in [1.807, 2.05) is 12.1 Å². The highest BCUT2D eigenvalue weighted by molar-refractivity contribution is 5.87. The zero-order valence-corrected chi connectivity index (χ0v) is 25.1. The smallest absolute Gasteiger partial charge is 0.318 e. The van der Waals surface area contributed by atoms with Gasteiger partial charge in [0.15, 0.2) is 0 Å².